The quantitative estimate of drug-likeness (QED) is 0.739. The monoisotopic (exact) mass is 222 g/mol. The first-order valence-electron chi connectivity index (χ1n) is 5.75. The highest BCUT2D eigenvalue weighted by Gasteiger charge is 2.15. The highest BCUT2D eigenvalue weighted by atomic mass is 14.8. The number of hydrogen-bond acceptors (Lipinski definition) is 2. The molecular weight excluding hydrogens is 208 g/mol. The van der Waals surface area contributed by atoms with E-state index in [4.69, 9.17) is 5.73 Å². The SMILES string of the molecule is Cc1ccc2c(c1)N=C(c1ccc(N)cc1)C2. The predicted octanol–water partition coefficient (Wildman–Crippen LogP) is 3.25. The van der Waals surface area contributed by atoms with E-state index in [0.29, 0.717) is 0 Å². The molecule has 0 aliphatic carbocycles. The summed E-state index contributed by atoms with van der Waals surface area (Å²) in [6.45, 7) is 2.09. The summed E-state index contributed by atoms with van der Waals surface area (Å²) >= 11 is 0. The summed E-state index contributed by atoms with van der Waals surface area (Å²) in [6, 6.07) is 14.4. The molecule has 0 unspecified atom stereocenters. The summed E-state index contributed by atoms with van der Waals surface area (Å²) in [5, 5.41) is 0. The Morgan fingerprint density at radius 3 is 2.59 bits per heavy atom. The first kappa shape index (κ1) is 10.1. The summed E-state index contributed by atoms with van der Waals surface area (Å²) in [7, 11) is 0. The zero-order valence-electron chi connectivity index (χ0n) is 9.77. The first-order chi connectivity index (χ1) is 8.22. The molecule has 1 heterocycles. The number of nitrogen functional groups attached to an aromatic ring is 1. The van der Waals surface area contributed by atoms with E-state index in [0.717, 1.165) is 29.1 Å². The van der Waals surface area contributed by atoms with Crippen LogP contribution in [0.25, 0.3) is 0 Å². The molecule has 2 N–H and O–H groups in total. The Bertz CT molecular complexity index is 595. The first-order valence-corrected chi connectivity index (χ1v) is 5.75. The van der Waals surface area contributed by atoms with Crippen molar-refractivity contribution in [1.29, 1.82) is 0 Å². The van der Waals surface area contributed by atoms with Crippen LogP contribution in [0.1, 0.15) is 16.7 Å². The number of fused-ring (bicyclic) bond motifs is 1. The van der Waals surface area contributed by atoms with E-state index < -0.39 is 0 Å². The van der Waals surface area contributed by atoms with Gasteiger partial charge in [-0.15, -0.1) is 0 Å². The molecule has 3 rings (SSSR count). The van der Waals surface area contributed by atoms with Gasteiger partial charge in [-0.1, -0.05) is 24.3 Å². The molecule has 0 atom stereocenters. The number of nitrogens with two attached hydrogens (primary N) is 1. The molecular formula is C15H14N2. The average molecular weight is 222 g/mol. The molecule has 0 saturated heterocycles. The van der Waals surface area contributed by atoms with E-state index >= 15 is 0 Å². The summed E-state index contributed by atoms with van der Waals surface area (Å²) < 4.78 is 0. The van der Waals surface area contributed by atoms with Gasteiger partial charge in [-0.2, -0.15) is 0 Å². The highest BCUT2D eigenvalue weighted by Crippen LogP contribution is 2.29. The number of nitrogens with zero attached hydrogens (tertiary/aromatic N) is 1. The van der Waals surface area contributed by atoms with E-state index in [1.54, 1.807) is 0 Å². The normalized spacial score (nSPS) is 13.4. The third-order valence-corrected chi connectivity index (χ3v) is 3.10. The van der Waals surface area contributed by atoms with E-state index in [2.05, 4.69) is 30.1 Å². The predicted molar refractivity (Wildman–Crippen MR) is 71.9 cm³/mol. The Kier molecular flexibility index (Phi) is 2.22. The fraction of sp³-hybridized carbons (Fsp3) is 0.133. The van der Waals surface area contributed by atoms with Crippen molar-refractivity contribution in [2.24, 2.45) is 4.99 Å². The zero-order valence-corrected chi connectivity index (χ0v) is 9.77. The second-order valence-electron chi connectivity index (χ2n) is 4.49. The van der Waals surface area contributed by atoms with Gasteiger partial charge in [0.1, 0.15) is 0 Å². The van der Waals surface area contributed by atoms with Gasteiger partial charge in [0.05, 0.1) is 11.4 Å². The van der Waals surface area contributed by atoms with Crippen LogP contribution >= 0.6 is 0 Å². The summed E-state index contributed by atoms with van der Waals surface area (Å²) in [4.78, 5) is 4.69. The Morgan fingerprint density at radius 1 is 1.06 bits per heavy atom. The standard InChI is InChI=1S/C15H14N2/c1-10-2-3-12-9-15(17-14(12)8-10)11-4-6-13(16)7-5-11/h2-8H,9,16H2,1H3. The van der Waals surface area contributed by atoms with Crippen LogP contribution in [0.5, 0.6) is 0 Å². The molecule has 2 nitrogen and oxygen atoms in total. The third-order valence-electron chi connectivity index (χ3n) is 3.10. The molecule has 0 bridgehead atoms. The molecule has 2 aromatic rings. The average Bonchev–Trinajstić information content (AvgIpc) is 2.72. The van der Waals surface area contributed by atoms with Crippen molar-refractivity contribution in [3.05, 3.63) is 59.2 Å². The summed E-state index contributed by atoms with van der Waals surface area (Å²) in [5.74, 6) is 0. The van der Waals surface area contributed by atoms with Gasteiger partial charge < -0.3 is 5.73 Å². The summed E-state index contributed by atoms with van der Waals surface area (Å²) in [6.07, 6.45) is 0.916. The van der Waals surface area contributed by atoms with Crippen LogP contribution in [0.3, 0.4) is 0 Å². The van der Waals surface area contributed by atoms with Crippen molar-refractivity contribution in [3.63, 3.8) is 0 Å². The van der Waals surface area contributed by atoms with Gasteiger partial charge in [-0.25, -0.2) is 0 Å². The lowest BCUT2D eigenvalue weighted by molar-refractivity contribution is 1.36. The fourth-order valence-electron chi connectivity index (χ4n) is 2.13. The minimum Gasteiger partial charge on any atom is -0.399 e. The molecule has 2 aromatic carbocycles. The number of hydrogen-bond donors (Lipinski definition) is 1. The van der Waals surface area contributed by atoms with Crippen LogP contribution in [0.2, 0.25) is 0 Å². The Balaban J connectivity index is 1.99. The fourth-order valence-corrected chi connectivity index (χ4v) is 2.13. The molecule has 1 aliphatic heterocycles. The molecule has 0 saturated carbocycles. The maximum atomic E-state index is 5.69. The minimum atomic E-state index is 0.792. The van der Waals surface area contributed by atoms with Gasteiger partial charge in [0.25, 0.3) is 0 Å². The Labute approximate surface area is 101 Å². The minimum absolute atomic E-state index is 0.792. The topological polar surface area (TPSA) is 38.4 Å². The molecule has 2 heteroatoms. The molecule has 0 aromatic heterocycles. The number of aliphatic imine (C=N–C) groups is 1. The van der Waals surface area contributed by atoms with Crippen molar-refractivity contribution in [1.82, 2.24) is 0 Å². The maximum Gasteiger partial charge on any atom is 0.0671 e. The molecule has 84 valence electrons. The van der Waals surface area contributed by atoms with Crippen LogP contribution < -0.4 is 5.73 Å². The van der Waals surface area contributed by atoms with Gasteiger partial charge in [0, 0.05) is 12.1 Å². The van der Waals surface area contributed by atoms with Crippen molar-refractivity contribution in [2.45, 2.75) is 13.3 Å². The molecule has 0 spiro atoms. The van der Waals surface area contributed by atoms with E-state index in [-0.39, 0.29) is 0 Å². The lowest BCUT2D eigenvalue weighted by atomic mass is 10.0. The lowest BCUT2D eigenvalue weighted by Crippen LogP contribution is -2.00. The van der Waals surface area contributed by atoms with Gasteiger partial charge in [-0.3, -0.25) is 4.99 Å². The van der Waals surface area contributed by atoms with Crippen molar-refractivity contribution >= 4 is 17.1 Å². The van der Waals surface area contributed by atoms with Crippen molar-refractivity contribution < 1.29 is 0 Å². The number of benzene rings is 2. The molecule has 0 radical (unpaired) electrons. The lowest BCUT2D eigenvalue weighted by Gasteiger charge is -2.00. The molecule has 0 amide bonds. The second-order valence-corrected chi connectivity index (χ2v) is 4.49. The van der Waals surface area contributed by atoms with E-state index in [1.807, 2.05) is 24.3 Å². The highest BCUT2D eigenvalue weighted by molar-refractivity contribution is 6.06. The van der Waals surface area contributed by atoms with E-state index in [9.17, 15) is 0 Å². The number of aryl methyl sites for hydroxylation is 1. The molecule has 17 heavy (non-hydrogen) atoms. The van der Waals surface area contributed by atoms with Gasteiger partial charge >= 0.3 is 0 Å². The van der Waals surface area contributed by atoms with Crippen LogP contribution in [0, 0.1) is 6.92 Å². The largest absolute Gasteiger partial charge is 0.399 e. The summed E-state index contributed by atoms with van der Waals surface area (Å²) in [5.41, 5.74) is 12.4. The number of anilines is 1. The van der Waals surface area contributed by atoms with E-state index in [1.165, 1.54) is 11.1 Å². The van der Waals surface area contributed by atoms with Gasteiger partial charge in [-0.05, 0) is 41.8 Å². The smallest absolute Gasteiger partial charge is 0.0671 e. The van der Waals surface area contributed by atoms with Crippen LogP contribution in [0.4, 0.5) is 11.4 Å². The molecule has 0 fully saturated rings. The van der Waals surface area contributed by atoms with Crippen LogP contribution in [0.15, 0.2) is 47.5 Å². The third kappa shape index (κ3) is 1.82. The maximum absolute atomic E-state index is 5.69. The van der Waals surface area contributed by atoms with Gasteiger partial charge in [0.15, 0.2) is 0 Å². The van der Waals surface area contributed by atoms with Crippen LogP contribution in [-0.4, -0.2) is 5.71 Å². The Hall–Kier alpha value is -2.09. The van der Waals surface area contributed by atoms with Gasteiger partial charge in [0.2, 0.25) is 0 Å². The number of rotatable bonds is 1. The zero-order chi connectivity index (χ0) is 11.8. The van der Waals surface area contributed by atoms with Crippen molar-refractivity contribution in [2.75, 3.05) is 5.73 Å². The van der Waals surface area contributed by atoms with Crippen molar-refractivity contribution in [3.8, 4) is 0 Å². The van der Waals surface area contributed by atoms with Crippen LogP contribution in [-0.2, 0) is 6.42 Å². The second kappa shape index (κ2) is 3.74. The molecule has 1 aliphatic rings. The Morgan fingerprint density at radius 2 is 1.82 bits per heavy atom.